The van der Waals surface area contributed by atoms with Crippen molar-refractivity contribution >= 4 is 15.9 Å². The number of methoxy groups -OCH3 is 1. The molecule has 0 aromatic heterocycles. The molecule has 0 fully saturated rings. The molecule has 2 aromatic rings. The van der Waals surface area contributed by atoms with E-state index < -0.39 is 0 Å². The molecule has 3 nitrogen and oxygen atoms in total. The van der Waals surface area contributed by atoms with E-state index in [-0.39, 0.29) is 11.9 Å². The van der Waals surface area contributed by atoms with E-state index in [0.29, 0.717) is 10.9 Å². The Kier molecular flexibility index (Phi) is 5.33. The summed E-state index contributed by atoms with van der Waals surface area (Å²) in [4.78, 5) is 0. The van der Waals surface area contributed by atoms with Crippen molar-refractivity contribution in [3.63, 3.8) is 0 Å². The zero-order chi connectivity index (χ0) is 15.4. The molecule has 1 atom stereocenters. The molecule has 0 aliphatic rings. The van der Waals surface area contributed by atoms with Crippen LogP contribution < -0.4 is 16.0 Å². The van der Waals surface area contributed by atoms with Crippen molar-refractivity contribution in [2.75, 3.05) is 7.11 Å². The quantitative estimate of drug-likeness (QED) is 0.637. The molecule has 3 N–H and O–H groups in total. The van der Waals surface area contributed by atoms with E-state index in [0.717, 1.165) is 22.4 Å². The van der Waals surface area contributed by atoms with Crippen molar-refractivity contribution in [2.24, 2.45) is 5.84 Å². The van der Waals surface area contributed by atoms with Crippen molar-refractivity contribution in [3.8, 4) is 5.75 Å². The fourth-order valence-electron chi connectivity index (χ4n) is 2.29. The Hall–Kier alpha value is -1.43. The molecule has 0 spiro atoms. The molecule has 0 bridgehead atoms. The zero-order valence-electron chi connectivity index (χ0n) is 12.0. The average Bonchev–Trinajstić information content (AvgIpc) is 2.48. The van der Waals surface area contributed by atoms with Crippen LogP contribution in [0.25, 0.3) is 0 Å². The minimum absolute atomic E-state index is 0.127. The third-order valence-corrected chi connectivity index (χ3v) is 4.01. The standard InChI is InChI=1S/C16H18BrFN2O/c1-10-3-6-16(21-2)12(7-10)9-15(20-19)11-4-5-14(18)13(17)8-11/h3-8,15,20H,9,19H2,1-2H3. The normalized spacial score (nSPS) is 12.2. The highest BCUT2D eigenvalue weighted by atomic mass is 79.9. The summed E-state index contributed by atoms with van der Waals surface area (Å²) in [5.41, 5.74) is 5.91. The van der Waals surface area contributed by atoms with Crippen LogP contribution in [0.3, 0.4) is 0 Å². The first-order valence-corrected chi connectivity index (χ1v) is 7.39. The summed E-state index contributed by atoms with van der Waals surface area (Å²) < 4.78 is 19.2. The average molecular weight is 353 g/mol. The Morgan fingerprint density at radius 1 is 1.29 bits per heavy atom. The van der Waals surface area contributed by atoms with Gasteiger partial charge in [-0.05, 0) is 58.6 Å². The fourth-order valence-corrected chi connectivity index (χ4v) is 2.69. The fraction of sp³-hybridized carbons (Fsp3) is 0.250. The number of rotatable bonds is 5. The van der Waals surface area contributed by atoms with Gasteiger partial charge in [0.25, 0.3) is 0 Å². The summed E-state index contributed by atoms with van der Waals surface area (Å²) in [7, 11) is 1.65. The van der Waals surface area contributed by atoms with Crippen molar-refractivity contribution in [2.45, 2.75) is 19.4 Å². The summed E-state index contributed by atoms with van der Waals surface area (Å²) >= 11 is 3.20. The van der Waals surface area contributed by atoms with Crippen LogP contribution in [0.1, 0.15) is 22.7 Å². The van der Waals surface area contributed by atoms with Crippen LogP contribution in [0, 0.1) is 12.7 Å². The van der Waals surface area contributed by atoms with Crippen molar-refractivity contribution in [1.29, 1.82) is 0 Å². The molecular formula is C16H18BrFN2O. The minimum atomic E-state index is -0.289. The lowest BCUT2D eigenvalue weighted by Gasteiger charge is -2.19. The lowest BCUT2D eigenvalue weighted by atomic mass is 9.97. The van der Waals surface area contributed by atoms with Crippen LogP contribution in [-0.4, -0.2) is 7.11 Å². The third-order valence-electron chi connectivity index (χ3n) is 3.41. The highest BCUT2D eigenvalue weighted by Gasteiger charge is 2.15. The van der Waals surface area contributed by atoms with E-state index >= 15 is 0 Å². The topological polar surface area (TPSA) is 47.3 Å². The van der Waals surface area contributed by atoms with Gasteiger partial charge in [-0.25, -0.2) is 4.39 Å². The number of hydrogen-bond donors (Lipinski definition) is 2. The second kappa shape index (κ2) is 7.02. The molecular weight excluding hydrogens is 335 g/mol. The second-order valence-electron chi connectivity index (χ2n) is 4.91. The van der Waals surface area contributed by atoms with Gasteiger partial charge >= 0.3 is 0 Å². The molecule has 1 unspecified atom stereocenters. The maximum absolute atomic E-state index is 13.3. The van der Waals surface area contributed by atoms with Gasteiger partial charge in [-0.2, -0.15) is 0 Å². The Morgan fingerprint density at radius 3 is 2.67 bits per heavy atom. The zero-order valence-corrected chi connectivity index (χ0v) is 13.6. The molecule has 5 heteroatoms. The first-order valence-electron chi connectivity index (χ1n) is 6.59. The molecule has 0 saturated heterocycles. The monoisotopic (exact) mass is 352 g/mol. The first-order chi connectivity index (χ1) is 10.0. The number of nitrogens with two attached hydrogens (primary N) is 1. The predicted octanol–water partition coefficient (Wildman–Crippen LogP) is 3.65. The van der Waals surface area contributed by atoms with Gasteiger partial charge in [-0.3, -0.25) is 11.3 Å². The molecule has 2 rings (SSSR count). The Bertz CT molecular complexity index is 634. The van der Waals surface area contributed by atoms with Crippen LogP contribution >= 0.6 is 15.9 Å². The maximum atomic E-state index is 13.3. The summed E-state index contributed by atoms with van der Waals surface area (Å²) in [5.74, 6) is 6.20. The van der Waals surface area contributed by atoms with E-state index in [2.05, 4.69) is 27.4 Å². The highest BCUT2D eigenvalue weighted by molar-refractivity contribution is 9.10. The van der Waals surface area contributed by atoms with Gasteiger partial charge in [0.05, 0.1) is 17.6 Å². The number of ether oxygens (including phenoxy) is 1. The molecule has 0 radical (unpaired) electrons. The molecule has 2 aromatic carbocycles. The largest absolute Gasteiger partial charge is 0.496 e. The van der Waals surface area contributed by atoms with Crippen molar-refractivity contribution < 1.29 is 9.13 Å². The van der Waals surface area contributed by atoms with Crippen LogP contribution in [0.15, 0.2) is 40.9 Å². The molecule has 21 heavy (non-hydrogen) atoms. The van der Waals surface area contributed by atoms with E-state index in [1.165, 1.54) is 6.07 Å². The molecule has 0 aliphatic heterocycles. The molecule has 0 heterocycles. The van der Waals surface area contributed by atoms with Gasteiger partial charge in [-0.15, -0.1) is 0 Å². The van der Waals surface area contributed by atoms with Crippen LogP contribution in [0.5, 0.6) is 5.75 Å². The number of nitrogens with one attached hydrogen (secondary N) is 1. The molecule has 0 aliphatic carbocycles. The predicted molar refractivity (Wildman–Crippen MR) is 85.6 cm³/mol. The lowest BCUT2D eigenvalue weighted by Crippen LogP contribution is -2.29. The summed E-state index contributed by atoms with van der Waals surface area (Å²) in [5, 5.41) is 0. The lowest BCUT2D eigenvalue weighted by molar-refractivity contribution is 0.405. The van der Waals surface area contributed by atoms with Crippen molar-refractivity contribution in [3.05, 3.63) is 63.4 Å². The smallest absolute Gasteiger partial charge is 0.137 e. The summed E-state index contributed by atoms with van der Waals surface area (Å²) in [6.45, 7) is 2.03. The van der Waals surface area contributed by atoms with E-state index in [1.54, 1.807) is 19.2 Å². The number of hydrazine groups is 1. The van der Waals surface area contributed by atoms with Gasteiger partial charge in [0.1, 0.15) is 11.6 Å². The minimum Gasteiger partial charge on any atom is -0.496 e. The molecule has 112 valence electrons. The van der Waals surface area contributed by atoms with Gasteiger partial charge in [-0.1, -0.05) is 23.8 Å². The van der Waals surface area contributed by atoms with Crippen LogP contribution in [0.4, 0.5) is 4.39 Å². The van der Waals surface area contributed by atoms with E-state index in [1.807, 2.05) is 19.1 Å². The van der Waals surface area contributed by atoms with Gasteiger partial charge in [0, 0.05) is 0 Å². The summed E-state index contributed by atoms with van der Waals surface area (Å²) in [6.07, 6.45) is 0.652. The Labute approximate surface area is 132 Å². The van der Waals surface area contributed by atoms with Crippen LogP contribution in [0.2, 0.25) is 0 Å². The first kappa shape index (κ1) is 15.9. The second-order valence-corrected chi connectivity index (χ2v) is 5.77. The highest BCUT2D eigenvalue weighted by Crippen LogP contribution is 2.27. The Balaban J connectivity index is 2.30. The number of benzene rings is 2. The summed E-state index contributed by atoms with van der Waals surface area (Å²) in [6, 6.07) is 10.8. The Morgan fingerprint density at radius 2 is 2.05 bits per heavy atom. The van der Waals surface area contributed by atoms with Gasteiger partial charge < -0.3 is 4.74 Å². The van der Waals surface area contributed by atoms with Gasteiger partial charge in [0.2, 0.25) is 0 Å². The SMILES string of the molecule is COc1ccc(C)cc1CC(NN)c1ccc(F)c(Br)c1. The molecule has 0 saturated carbocycles. The van der Waals surface area contributed by atoms with E-state index in [9.17, 15) is 4.39 Å². The number of aryl methyl sites for hydroxylation is 1. The number of hydrogen-bond acceptors (Lipinski definition) is 3. The maximum Gasteiger partial charge on any atom is 0.137 e. The van der Waals surface area contributed by atoms with Crippen molar-refractivity contribution in [1.82, 2.24) is 5.43 Å². The van der Waals surface area contributed by atoms with Gasteiger partial charge in [0.15, 0.2) is 0 Å². The van der Waals surface area contributed by atoms with Crippen LogP contribution in [-0.2, 0) is 6.42 Å². The third kappa shape index (κ3) is 3.81. The van der Waals surface area contributed by atoms with E-state index in [4.69, 9.17) is 10.6 Å². The molecule has 0 amide bonds. The number of halogens is 2.